The number of anilines is 1. The normalized spacial score (nSPS) is 14.4. The number of aryl methyl sites for hydroxylation is 1. The van der Waals surface area contributed by atoms with Gasteiger partial charge >= 0.3 is 5.69 Å². The van der Waals surface area contributed by atoms with Gasteiger partial charge < -0.3 is 5.32 Å². The second kappa shape index (κ2) is 8.24. The van der Waals surface area contributed by atoms with Gasteiger partial charge in [0.05, 0.1) is 5.39 Å². The van der Waals surface area contributed by atoms with Crippen molar-refractivity contribution in [1.29, 1.82) is 0 Å². The van der Waals surface area contributed by atoms with E-state index < -0.39 is 17.2 Å². The number of carbonyl (C=O) groups excluding carboxylic acids is 1. The van der Waals surface area contributed by atoms with Crippen LogP contribution in [-0.2, 0) is 5.75 Å². The molecule has 2 aromatic heterocycles. The molecule has 1 aliphatic carbocycles. The zero-order valence-electron chi connectivity index (χ0n) is 16.1. The summed E-state index contributed by atoms with van der Waals surface area (Å²) < 4.78 is 0. The van der Waals surface area contributed by atoms with E-state index in [0.717, 1.165) is 11.0 Å². The van der Waals surface area contributed by atoms with Gasteiger partial charge in [0.25, 0.3) is 11.5 Å². The molecule has 0 radical (unpaired) electrons. The first kappa shape index (κ1) is 19.4. The first-order valence-corrected chi connectivity index (χ1v) is 10.7. The number of aromatic amines is 2. The van der Waals surface area contributed by atoms with Gasteiger partial charge in [0, 0.05) is 16.7 Å². The van der Waals surface area contributed by atoms with Crippen LogP contribution in [0.4, 0.5) is 5.69 Å². The van der Waals surface area contributed by atoms with E-state index >= 15 is 0 Å². The van der Waals surface area contributed by atoms with Crippen LogP contribution in [0, 0.1) is 6.92 Å². The van der Waals surface area contributed by atoms with Crippen LogP contribution < -0.4 is 16.6 Å². The summed E-state index contributed by atoms with van der Waals surface area (Å²) in [5, 5.41) is 3.87. The predicted molar refractivity (Wildman–Crippen MR) is 116 cm³/mol. The van der Waals surface area contributed by atoms with Crippen LogP contribution in [0.2, 0.25) is 0 Å². The smallest absolute Gasteiger partial charge is 0.321 e. The maximum absolute atomic E-state index is 12.7. The molecule has 1 aromatic carbocycles. The molecule has 0 saturated heterocycles. The van der Waals surface area contributed by atoms with Gasteiger partial charge in [-0.1, -0.05) is 25.0 Å². The molecule has 0 bridgehead atoms. The molecule has 1 aliphatic rings. The van der Waals surface area contributed by atoms with Crippen LogP contribution in [0.3, 0.4) is 0 Å². The lowest BCUT2D eigenvalue weighted by Crippen LogP contribution is -2.24. The van der Waals surface area contributed by atoms with Crippen molar-refractivity contribution in [2.75, 3.05) is 5.32 Å². The number of aromatic nitrogens is 3. The molecule has 3 aromatic rings. The van der Waals surface area contributed by atoms with Crippen molar-refractivity contribution in [3.63, 3.8) is 0 Å². The Labute approximate surface area is 171 Å². The third kappa shape index (κ3) is 4.42. The number of carbonyl (C=O) groups is 1. The van der Waals surface area contributed by atoms with Crippen molar-refractivity contribution in [1.82, 2.24) is 15.0 Å². The molecule has 0 spiro atoms. The van der Waals surface area contributed by atoms with Gasteiger partial charge in [-0.05, 0) is 49.1 Å². The molecule has 0 atom stereocenters. The number of hydrogen-bond donors (Lipinski definition) is 3. The minimum atomic E-state index is -0.653. The fourth-order valence-corrected chi connectivity index (χ4v) is 4.95. The zero-order chi connectivity index (χ0) is 20.4. The maximum atomic E-state index is 12.7. The topological polar surface area (TPSA) is 108 Å². The lowest BCUT2D eigenvalue weighted by Gasteiger charge is -2.11. The van der Waals surface area contributed by atoms with Gasteiger partial charge in [0.1, 0.15) is 11.3 Å². The third-order valence-corrected chi connectivity index (χ3v) is 6.55. The van der Waals surface area contributed by atoms with Crippen molar-refractivity contribution in [2.45, 2.75) is 43.6 Å². The van der Waals surface area contributed by atoms with E-state index in [9.17, 15) is 14.4 Å². The Balaban J connectivity index is 1.52. The molecule has 8 heteroatoms. The standard InChI is InChI=1S/C21H22N4O3S/c1-12-9-16(23-18-17(12)20(27)25-21(28)24-18)19(26)22-14-6-4-5-13(10-14)11-29-15-7-2-3-8-15/h4-6,9-10,15H,2-3,7-8,11H2,1H3,(H,22,26)(H2,23,24,25,27,28). The highest BCUT2D eigenvalue weighted by Crippen LogP contribution is 2.32. The summed E-state index contributed by atoms with van der Waals surface area (Å²) in [6, 6.07) is 9.34. The molecule has 4 rings (SSSR count). The summed E-state index contributed by atoms with van der Waals surface area (Å²) in [7, 11) is 0. The monoisotopic (exact) mass is 410 g/mol. The van der Waals surface area contributed by atoms with E-state index in [1.165, 1.54) is 31.2 Å². The number of pyridine rings is 1. The van der Waals surface area contributed by atoms with Crippen LogP contribution in [0.25, 0.3) is 11.0 Å². The fourth-order valence-electron chi connectivity index (χ4n) is 3.67. The SMILES string of the molecule is Cc1cc(C(=O)Nc2cccc(CSC3CCCC3)c2)nc2[nH]c(=O)[nH]c(=O)c12. The number of benzene rings is 1. The Hall–Kier alpha value is -2.87. The van der Waals surface area contributed by atoms with Crippen molar-refractivity contribution in [3.05, 3.63) is 68.0 Å². The summed E-state index contributed by atoms with van der Waals surface area (Å²) >= 11 is 1.98. The maximum Gasteiger partial charge on any atom is 0.327 e. The minimum Gasteiger partial charge on any atom is -0.321 e. The number of fused-ring (bicyclic) bond motifs is 1. The van der Waals surface area contributed by atoms with E-state index in [2.05, 4.69) is 26.3 Å². The van der Waals surface area contributed by atoms with E-state index in [4.69, 9.17) is 0 Å². The number of nitrogens with one attached hydrogen (secondary N) is 3. The van der Waals surface area contributed by atoms with Gasteiger partial charge in [-0.3, -0.25) is 19.6 Å². The number of amides is 1. The van der Waals surface area contributed by atoms with E-state index in [1.54, 1.807) is 13.0 Å². The third-order valence-electron chi connectivity index (χ3n) is 5.11. The second-order valence-electron chi connectivity index (χ2n) is 7.33. The van der Waals surface area contributed by atoms with Gasteiger partial charge in [-0.25, -0.2) is 9.78 Å². The lowest BCUT2D eigenvalue weighted by atomic mass is 10.1. The predicted octanol–water partition coefficient (Wildman–Crippen LogP) is 3.35. The largest absolute Gasteiger partial charge is 0.327 e. The summed E-state index contributed by atoms with van der Waals surface area (Å²) in [5.74, 6) is 0.530. The van der Waals surface area contributed by atoms with Crippen molar-refractivity contribution >= 4 is 34.4 Å². The highest BCUT2D eigenvalue weighted by molar-refractivity contribution is 7.99. The second-order valence-corrected chi connectivity index (χ2v) is 8.62. The fraction of sp³-hybridized carbons (Fsp3) is 0.333. The van der Waals surface area contributed by atoms with Gasteiger partial charge in [0.15, 0.2) is 0 Å². The molecule has 7 nitrogen and oxygen atoms in total. The number of hydrogen-bond acceptors (Lipinski definition) is 5. The van der Waals surface area contributed by atoms with Gasteiger partial charge in [-0.2, -0.15) is 11.8 Å². The van der Waals surface area contributed by atoms with Gasteiger partial charge in [0.2, 0.25) is 0 Å². The Kier molecular flexibility index (Phi) is 5.53. The molecule has 0 aliphatic heterocycles. The van der Waals surface area contributed by atoms with Crippen LogP contribution in [0.5, 0.6) is 0 Å². The molecule has 1 amide bonds. The number of rotatable bonds is 5. The molecule has 0 unspecified atom stereocenters. The molecule has 1 saturated carbocycles. The van der Waals surface area contributed by atoms with E-state index in [0.29, 0.717) is 11.3 Å². The zero-order valence-corrected chi connectivity index (χ0v) is 16.9. The van der Waals surface area contributed by atoms with Crippen molar-refractivity contribution in [2.24, 2.45) is 0 Å². The quantitative estimate of drug-likeness (QED) is 0.598. The summed E-state index contributed by atoms with van der Waals surface area (Å²) in [6.07, 6.45) is 5.23. The molecule has 2 heterocycles. The highest BCUT2D eigenvalue weighted by atomic mass is 32.2. The average Bonchev–Trinajstić information content (AvgIpc) is 3.19. The lowest BCUT2D eigenvalue weighted by molar-refractivity contribution is 0.102. The minimum absolute atomic E-state index is 0.102. The molecule has 1 fully saturated rings. The first-order valence-electron chi connectivity index (χ1n) is 9.65. The Morgan fingerprint density at radius 3 is 2.79 bits per heavy atom. The van der Waals surface area contributed by atoms with E-state index in [1.807, 2.05) is 30.0 Å². The Morgan fingerprint density at radius 2 is 2.00 bits per heavy atom. The van der Waals surface area contributed by atoms with Gasteiger partial charge in [-0.15, -0.1) is 0 Å². The summed E-state index contributed by atoms with van der Waals surface area (Å²) in [5.41, 5.74) is 1.50. The Bertz CT molecular complexity index is 1180. The summed E-state index contributed by atoms with van der Waals surface area (Å²) in [6.45, 7) is 1.70. The molecule has 29 heavy (non-hydrogen) atoms. The molecule has 150 valence electrons. The number of H-pyrrole nitrogens is 2. The van der Waals surface area contributed by atoms with Crippen LogP contribution in [0.1, 0.15) is 47.3 Å². The molecule has 3 N–H and O–H groups in total. The first-order chi connectivity index (χ1) is 14.0. The van der Waals surface area contributed by atoms with Crippen molar-refractivity contribution in [3.8, 4) is 0 Å². The summed E-state index contributed by atoms with van der Waals surface area (Å²) in [4.78, 5) is 45.0. The van der Waals surface area contributed by atoms with E-state index in [-0.39, 0.29) is 16.7 Å². The highest BCUT2D eigenvalue weighted by Gasteiger charge is 2.16. The molecular weight excluding hydrogens is 388 g/mol. The molecular formula is C21H22N4O3S. The van der Waals surface area contributed by atoms with Crippen LogP contribution in [-0.4, -0.2) is 26.1 Å². The van der Waals surface area contributed by atoms with Crippen molar-refractivity contribution < 1.29 is 4.79 Å². The number of nitrogens with zero attached hydrogens (tertiary/aromatic N) is 1. The van der Waals surface area contributed by atoms with Crippen LogP contribution >= 0.6 is 11.8 Å². The number of thioether (sulfide) groups is 1. The van der Waals surface area contributed by atoms with Crippen LogP contribution in [0.15, 0.2) is 39.9 Å². The average molecular weight is 410 g/mol. The Morgan fingerprint density at radius 1 is 1.21 bits per heavy atom.